The van der Waals surface area contributed by atoms with E-state index in [1.807, 2.05) is 36.4 Å². The van der Waals surface area contributed by atoms with Crippen LogP contribution in [0.15, 0.2) is 42.5 Å². The molecule has 0 saturated heterocycles. The first-order valence-corrected chi connectivity index (χ1v) is 11.1. The van der Waals surface area contributed by atoms with Gasteiger partial charge < -0.3 is 10.2 Å². The molecule has 0 unspecified atom stereocenters. The molecule has 31 heavy (non-hydrogen) atoms. The van der Waals surface area contributed by atoms with Crippen molar-refractivity contribution in [3.8, 4) is 6.07 Å². The molecule has 2 aromatic carbocycles. The minimum atomic E-state index is -0.161. The minimum Gasteiger partial charge on any atom is -0.370 e. The fraction of sp³-hybridized carbons (Fsp3) is 0.462. The van der Waals surface area contributed by atoms with Crippen LogP contribution in [0.5, 0.6) is 0 Å². The topological polar surface area (TPSA) is 56.1 Å². The van der Waals surface area contributed by atoms with Gasteiger partial charge in [-0.1, -0.05) is 65.3 Å². The fourth-order valence-corrected chi connectivity index (χ4v) is 5.92. The minimum absolute atomic E-state index is 0.0126. The van der Waals surface area contributed by atoms with E-state index in [1.54, 1.807) is 6.07 Å². The van der Waals surface area contributed by atoms with Gasteiger partial charge in [-0.15, -0.1) is 0 Å². The molecule has 1 aliphatic rings. The van der Waals surface area contributed by atoms with Crippen LogP contribution in [-0.4, -0.2) is 25.0 Å². The lowest BCUT2D eigenvalue weighted by atomic mass is 9.47. The molecule has 0 radical (unpaired) electrons. The van der Waals surface area contributed by atoms with Crippen molar-refractivity contribution in [1.82, 2.24) is 5.32 Å². The van der Waals surface area contributed by atoms with Gasteiger partial charge >= 0.3 is 0 Å². The van der Waals surface area contributed by atoms with Crippen LogP contribution >= 0.6 is 11.6 Å². The Morgan fingerprint density at radius 2 is 1.68 bits per heavy atom. The Hall–Kier alpha value is -2.51. The second kappa shape index (κ2) is 8.20. The summed E-state index contributed by atoms with van der Waals surface area (Å²) in [5, 5.41) is 12.9. The van der Waals surface area contributed by atoms with Gasteiger partial charge in [0.15, 0.2) is 0 Å². The van der Waals surface area contributed by atoms with Crippen molar-refractivity contribution in [2.24, 2.45) is 10.8 Å². The Labute approximate surface area is 191 Å². The predicted molar refractivity (Wildman–Crippen MR) is 128 cm³/mol. The number of anilines is 1. The van der Waals surface area contributed by atoms with Gasteiger partial charge in [-0.3, -0.25) is 4.79 Å². The van der Waals surface area contributed by atoms with Crippen molar-refractivity contribution >= 4 is 23.2 Å². The van der Waals surface area contributed by atoms with Crippen LogP contribution in [0.25, 0.3) is 0 Å². The molecule has 3 rings (SSSR count). The van der Waals surface area contributed by atoms with Gasteiger partial charge in [0.05, 0.1) is 10.6 Å². The van der Waals surface area contributed by atoms with Crippen LogP contribution in [0.2, 0.25) is 5.02 Å². The maximum absolute atomic E-state index is 13.0. The summed E-state index contributed by atoms with van der Waals surface area (Å²) in [5.41, 5.74) is 3.03. The summed E-state index contributed by atoms with van der Waals surface area (Å²) in [6.07, 6.45) is 0. The SMILES string of the molecule is CC(C)c1ccc(C(=O)NC2C(C)(C)C(N(C)c3ccc(C#N)c(Cl)c3)C2(C)C)cc1. The number of benzene rings is 2. The number of carbonyl (C=O) groups is 1. The summed E-state index contributed by atoms with van der Waals surface area (Å²) >= 11 is 6.27. The number of nitriles is 1. The highest BCUT2D eigenvalue weighted by Crippen LogP contribution is 2.56. The molecule has 0 atom stereocenters. The van der Waals surface area contributed by atoms with Crippen LogP contribution in [0.3, 0.4) is 0 Å². The van der Waals surface area contributed by atoms with Gasteiger partial charge in [-0.05, 0) is 41.8 Å². The normalized spacial score (nSPS) is 21.2. The molecule has 0 heterocycles. The van der Waals surface area contributed by atoms with Gasteiger partial charge in [-0.2, -0.15) is 5.26 Å². The van der Waals surface area contributed by atoms with Crippen LogP contribution in [0, 0.1) is 22.2 Å². The van der Waals surface area contributed by atoms with Gasteiger partial charge in [0.1, 0.15) is 6.07 Å². The molecule has 1 N–H and O–H groups in total. The quantitative estimate of drug-likeness (QED) is 0.623. The van der Waals surface area contributed by atoms with Crippen LogP contribution in [-0.2, 0) is 0 Å². The third-order valence-corrected chi connectivity index (χ3v) is 7.19. The number of amides is 1. The Kier molecular flexibility index (Phi) is 6.13. The van der Waals surface area contributed by atoms with Crippen LogP contribution in [0.4, 0.5) is 5.69 Å². The summed E-state index contributed by atoms with van der Waals surface area (Å²) in [6.45, 7) is 13.1. The second-order valence-electron chi connectivity index (χ2n) is 10.1. The van der Waals surface area contributed by atoms with Crippen LogP contribution < -0.4 is 10.2 Å². The summed E-state index contributed by atoms with van der Waals surface area (Å²) in [4.78, 5) is 15.2. The number of hydrogen-bond acceptors (Lipinski definition) is 3. The smallest absolute Gasteiger partial charge is 0.251 e. The average molecular weight is 438 g/mol. The monoisotopic (exact) mass is 437 g/mol. The van der Waals surface area contributed by atoms with E-state index in [2.05, 4.69) is 64.9 Å². The van der Waals surface area contributed by atoms with Crippen molar-refractivity contribution in [2.45, 2.75) is 59.5 Å². The Morgan fingerprint density at radius 1 is 1.10 bits per heavy atom. The van der Waals surface area contributed by atoms with E-state index in [-0.39, 0.29) is 28.8 Å². The predicted octanol–water partition coefficient (Wildman–Crippen LogP) is 6.00. The van der Waals surface area contributed by atoms with E-state index in [1.165, 1.54) is 5.56 Å². The van der Waals surface area contributed by atoms with E-state index in [9.17, 15) is 4.79 Å². The van der Waals surface area contributed by atoms with Crippen molar-refractivity contribution in [3.63, 3.8) is 0 Å². The third-order valence-electron chi connectivity index (χ3n) is 6.88. The molecule has 0 spiro atoms. The van der Waals surface area contributed by atoms with E-state index >= 15 is 0 Å². The molecule has 2 aromatic rings. The summed E-state index contributed by atoms with van der Waals surface area (Å²) < 4.78 is 0. The summed E-state index contributed by atoms with van der Waals surface area (Å²) in [5.74, 6) is 0.401. The van der Waals surface area contributed by atoms with Gasteiger partial charge in [0.25, 0.3) is 5.91 Å². The molecular formula is C26H32ClN3O. The molecule has 1 aliphatic carbocycles. The molecule has 1 fully saturated rings. The zero-order valence-electron chi connectivity index (χ0n) is 19.5. The Balaban J connectivity index is 1.80. The first-order chi connectivity index (χ1) is 14.4. The highest BCUT2D eigenvalue weighted by Gasteiger charge is 2.63. The summed E-state index contributed by atoms with van der Waals surface area (Å²) in [6, 6.07) is 15.7. The molecule has 4 nitrogen and oxygen atoms in total. The average Bonchev–Trinajstić information content (AvgIpc) is 2.71. The molecule has 0 aromatic heterocycles. The lowest BCUT2D eigenvalue weighted by Gasteiger charge is -2.67. The lowest BCUT2D eigenvalue weighted by molar-refractivity contribution is -0.0682. The standard InChI is InChI=1S/C26H32ClN3O/c1-16(2)17-8-10-18(11-9-17)22(31)29-23-25(3,4)24(26(23,5)6)30(7)20-13-12-19(15-28)21(27)14-20/h8-14,16,23-24H,1-7H3,(H,29,31). The maximum atomic E-state index is 13.0. The zero-order chi connectivity index (χ0) is 23.1. The van der Waals surface area contributed by atoms with E-state index in [0.29, 0.717) is 22.1 Å². The van der Waals surface area contributed by atoms with Crippen molar-refractivity contribution in [1.29, 1.82) is 5.26 Å². The molecular weight excluding hydrogens is 406 g/mol. The first kappa shape index (κ1) is 23.2. The number of hydrogen-bond donors (Lipinski definition) is 1. The first-order valence-electron chi connectivity index (χ1n) is 10.7. The number of halogens is 1. The summed E-state index contributed by atoms with van der Waals surface area (Å²) in [7, 11) is 2.05. The number of carbonyl (C=O) groups excluding carboxylic acids is 1. The number of rotatable bonds is 5. The molecule has 1 amide bonds. The van der Waals surface area contributed by atoms with Crippen molar-refractivity contribution in [3.05, 3.63) is 64.2 Å². The highest BCUT2D eigenvalue weighted by atomic mass is 35.5. The third kappa shape index (κ3) is 4.04. The van der Waals surface area contributed by atoms with Crippen LogP contribution in [0.1, 0.15) is 68.9 Å². The zero-order valence-corrected chi connectivity index (χ0v) is 20.2. The molecule has 164 valence electrons. The number of nitrogens with zero attached hydrogens (tertiary/aromatic N) is 2. The molecule has 1 saturated carbocycles. The lowest BCUT2D eigenvalue weighted by Crippen LogP contribution is -2.77. The number of nitrogens with one attached hydrogen (secondary N) is 1. The Morgan fingerprint density at radius 3 is 2.16 bits per heavy atom. The largest absolute Gasteiger partial charge is 0.370 e. The van der Waals surface area contributed by atoms with Gasteiger partial charge in [0, 0.05) is 41.2 Å². The molecule has 5 heteroatoms. The molecule has 0 aliphatic heterocycles. The van der Waals surface area contributed by atoms with Crippen molar-refractivity contribution in [2.75, 3.05) is 11.9 Å². The van der Waals surface area contributed by atoms with E-state index in [4.69, 9.17) is 16.9 Å². The maximum Gasteiger partial charge on any atom is 0.251 e. The van der Waals surface area contributed by atoms with Gasteiger partial charge in [-0.25, -0.2) is 0 Å². The highest BCUT2D eigenvalue weighted by molar-refractivity contribution is 6.32. The van der Waals surface area contributed by atoms with E-state index in [0.717, 1.165) is 5.69 Å². The molecule has 0 bridgehead atoms. The second-order valence-corrected chi connectivity index (χ2v) is 10.5. The van der Waals surface area contributed by atoms with E-state index < -0.39 is 0 Å². The van der Waals surface area contributed by atoms with Gasteiger partial charge in [0.2, 0.25) is 0 Å². The Bertz CT molecular complexity index is 1000. The van der Waals surface area contributed by atoms with Crippen molar-refractivity contribution < 1.29 is 4.79 Å². The fourth-order valence-electron chi connectivity index (χ4n) is 5.70.